The number of hydrogen-bond donors (Lipinski definition) is 1. The van der Waals surface area contributed by atoms with Crippen molar-refractivity contribution in [1.82, 2.24) is 15.1 Å². The summed E-state index contributed by atoms with van der Waals surface area (Å²) in [6.07, 6.45) is 0. The number of rotatable bonds is 9. The SMILES string of the molecule is CCN(CCNC(=NC)N(C)CCOc1ccccc1)C(C)C. The van der Waals surface area contributed by atoms with E-state index >= 15 is 0 Å². The van der Waals surface area contributed by atoms with E-state index in [0.29, 0.717) is 12.6 Å². The molecule has 0 saturated heterocycles. The van der Waals surface area contributed by atoms with Crippen LogP contribution in [0.3, 0.4) is 0 Å². The number of nitrogens with one attached hydrogen (secondary N) is 1. The fraction of sp³-hybridized carbons (Fsp3) is 0.611. The molecule has 0 aliphatic carbocycles. The molecule has 0 saturated carbocycles. The van der Waals surface area contributed by atoms with Crippen molar-refractivity contribution in [3.8, 4) is 5.75 Å². The maximum atomic E-state index is 5.73. The highest BCUT2D eigenvalue weighted by molar-refractivity contribution is 5.79. The lowest BCUT2D eigenvalue weighted by Crippen LogP contribution is -2.44. The third-order valence-electron chi connectivity index (χ3n) is 3.83. The van der Waals surface area contributed by atoms with Crippen LogP contribution in [0.15, 0.2) is 35.3 Å². The van der Waals surface area contributed by atoms with E-state index in [0.717, 1.165) is 37.9 Å². The molecule has 0 amide bonds. The van der Waals surface area contributed by atoms with Crippen LogP contribution in [0, 0.1) is 0 Å². The van der Waals surface area contributed by atoms with E-state index in [4.69, 9.17) is 4.74 Å². The second-order valence-corrected chi connectivity index (χ2v) is 5.78. The minimum Gasteiger partial charge on any atom is -0.492 e. The van der Waals surface area contributed by atoms with Gasteiger partial charge in [-0.15, -0.1) is 0 Å². The summed E-state index contributed by atoms with van der Waals surface area (Å²) in [5.41, 5.74) is 0. The Hall–Kier alpha value is -1.75. The van der Waals surface area contributed by atoms with Crippen LogP contribution in [0.4, 0.5) is 0 Å². The molecule has 1 aromatic carbocycles. The van der Waals surface area contributed by atoms with E-state index in [2.05, 4.69) is 40.9 Å². The van der Waals surface area contributed by atoms with E-state index in [1.165, 1.54) is 0 Å². The molecule has 0 radical (unpaired) electrons. The molecular formula is C18H32N4O. The number of benzene rings is 1. The van der Waals surface area contributed by atoms with Gasteiger partial charge in [0.2, 0.25) is 0 Å². The quantitative estimate of drug-likeness (QED) is 0.560. The van der Waals surface area contributed by atoms with Crippen molar-refractivity contribution in [2.24, 2.45) is 4.99 Å². The van der Waals surface area contributed by atoms with Gasteiger partial charge < -0.3 is 15.0 Å². The van der Waals surface area contributed by atoms with Gasteiger partial charge in [-0.25, -0.2) is 0 Å². The molecule has 1 rings (SSSR count). The molecule has 5 nitrogen and oxygen atoms in total. The lowest BCUT2D eigenvalue weighted by atomic mass is 10.3. The highest BCUT2D eigenvalue weighted by atomic mass is 16.5. The molecule has 0 aromatic heterocycles. The van der Waals surface area contributed by atoms with E-state index in [1.54, 1.807) is 0 Å². The molecule has 0 aliphatic heterocycles. The van der Waals surface area contributed by atoms with Crippen molar-refractivity contribution in [2.75, 3.05) is 46.9 Å². The summed E-state index contributed by atoms with van der Waals surface area (Å²) >= 11 is 0. The summed E-state index contributed by atoms with van der Waals surface area (Å²) in [6, 6.07) is 10.5. The Morgan fingerprint density at radius 2 is 1.91 bits per heavy atom. The fourth-order valence-corrected chi connectivity index (χ4v) is 2.40. The molecule has 0 spiro atoms. The van der Waals surface area contributed by atoms with Crippen LogP contribution in [0.25, 0.3) is 0 Å². The van der Waals surface area contributed by atoms with Crippen molar-refractivity contribution >= 4 is 5.96 Å². The van der Waals surface area contributed by atoms with Crippen molar-refractivity contribution in [2.45, 2.75) is 26.8 Å². The van der Waals surface area contributed by atoms with Crippen LogP contribution in [0.1, 0.15) is 20.8 Å². The normalized spacial score (nSPS) is 11.9. The maximum Gasteiger partial charge on any atom is 0.193 e. The number of ether oxygens (including phenoxy) is 1. The van der Waals surface area contributed by atoms with Crippen molar-refractivity contribution in [3.05, 3.63) is 30.3 Å². The molecule has 1 aromatic rings. The van der Waals surface area contributed by atoms with Gasteiger partial charge in [0, 0.05) is 33.2 Å². The van der Waals surface area contributed by atoms with Gasteiger partial charge in [-0.1, -0.05) is 25.1 Å². The number of aliphatic imine (C=N–C) groups is 1. The monoisotopic (exact) mass is 320 g/mol. The molecule has 0 aliphatic rings. The third-order valence-corrected chi connectivity index (χ3v) is 3.83. The first-order chi connectivity index (χ1) is 11.1. The second-order valence-electron chi connectivity index (χ2n) is 5.78. The Balaban J connectivity index is 2.30. The smallest absolute Gasteiger partial charge is 0.193 e. The number of hydrogen-bond acceptors (Lipinski definition) is 3. The fourth-order valence-electron chi connectivity index (χ4n) is 2.40. The van der Waals surface area contributed by atoms with Crippen molar-refractivity contribution in [3.63, 3.8) is 0 Å². The van der Waals surface area contributed by atoms with Crippen molar-refractivity contribution < 1.29 is 4.74 Å². The number of guanidine groups is 1. The molecule has 23 heavy (non-hydrogen) atoms. The molecule has 0 fully saturated rings. The molecule has 1 N–H and O–H groups in total. The zero-order valence-corrected chi connectivity index (χ0v) is 15.2. The van der Waals surface area contributed by atoms with E-state index < -0.39 is 0 Å². The Kier molecular flexibility index (Phi) is 9.14. The first kappa shape index (κ1) is 19.3. The van der Waals surface area contributed by atoms with E-state index in [-0.39, 0.29) is 0 Å². The number of likely N-dealkylation sites (N-methyl/N-ethyl adjacent to an activating group) is 2. The molecule has 0 unspecified atom stereocenters. The van der Waals surface area contributed by atoms with Gasteiger partial charge in [0.1, 0.15) is 12.4 Å². The first-order valence-corrected chi connectivity index (χ1v) is 8.42. The van der Waals surface area contributed by atoms with Crippen LogP contribution >= 0.6 is 0 Å². The van der Waals surface area contributed by atoms with Gasteiger partial charge in [0.25, 0.3) is 0 Å². The van der Waals surface area contributed by atoms with Crippen LogP contribution < -0.4 is 10.1 Å². The molecular weight excluding hydrogens is 288 g/mol. The third kappa shape index (κ3) is 7.37. The average Bonchev–Trinajstić information content (AvgIpc) is 2.55. The van der Waals surface area contributed by atoms with E-state index in [9.17, 15) is 0 Å². The van der Waals surface area contributed by atoms with Crippen molar-refractivity contribution in [1.29, 1.82) is 0 Å². The predicted octanol–water partition coefficient (Wildman–Crippen LogP) is 2.30. The molecule has 0 atom stereocenters. The first-order valence-electron chi connectivity index (χ1n) is 8.42. The Morgan fingerprint density at radius 3 is 2.48 bits per heavy atom. The van der Waals surface area contributed by atoms with Gasteiger partial charge in [-0.3, -0.25) is 9.89 Å². The summed E-state index contributed by atoms with van der Waals surface area (Å²) in [5, 5.41) is 3.42. The lowest BCUT2D eigenvalue weighted by molar-refractivity contribution is 0.236. The van der Waals surface area contributed by atoms with Gasteiger partial charge >= 0.3 is 0 Å². The Bertz CT molecular complexity index is 448. The molecule has 0 bridgehead atoms. The van der Waals surface area contributed by atoms with Gasteiger partial charge in [-0.2, -0.15) is 0 Å². The second kappa shape index (κ2) is 10.9. The van der Waals surface area contributed by atoms with Crippen LogP contribution in [-0.2, 0) is 0 Å². The number of para-hydroxylation sites is 1. The van der Waals surface area contributed by atoms with Gasteiger partial charge in [-0.05, 0) is 32.5 Å². The summed E-state index contributed by atoms with van der Waals surface area (Å²) < 4.78 is 5.73. The predicted molar refractivity (Wildman–Crippen MR) is 98.3 cm³/mol. The topological polar surface area (TPSA) is 40.1 Å². The summed E-state index contributed by atoms with van der Waals surface area (Å²) in [7, 11) is 3.85. The Labute approximate surface area is 141 Å². The molecule has 5 heteroatoms. The summed E-state index contributed by atoms with van der Waals surface area (Å²) in [4.78, 5) is 8.86. The number of nitrogens with zero attached hydrogens (tertiary/aromatic N) is 3. The minimum atomic E-state index is 0.570. The van der Waals surface area contributed by atoms with Gasteiger partial charge in [0.05, 0.1) is 6.54 Å². The minimum absolute atomic E-state index is 0.570. The zero-order chi connectivity index (χ0) is 17.1. The highest BCUT2D eigenvalue weighted by Crippen LogP contribution is 2.07. The van der Waals surface area contributed by atoms with Gasteiger partial charge in [0.15, 0.2) is 5.96 Å². The van der Waals surface area contributed by atoms with Crippen LogP contribution in [-0.4, -0.2) is 68.7 Å². The maximum absolute atomic E-state index is 5.73. The Morgan fingerprint density at radius 1 is 1.22 bits per heavy atom. The molecule has 130 valence electrons. The average molecular weight is 320 g/mol. The van der Waals surface area contributed by atoms with E-state index in [1.807, 2.05) is 44.4 Å². The standard InChI is InChI=1S/C18H32N4O/c1-6-22(16(2)3)13-12-20-18(19-4)21(5)14-15-23-17-10-8-7-9-11-17/h7-11,16H,6,12-15H2,1-5H3,(H,19,20). The van der Waals surface area contributed by atoms with Crippen LogP contribution in [0.2, 0.25) is 0 Å². The lowest BCUT2D eigenvalue weighted by Gasteiger charge is -2.27. The largest absolute Gasteiger partial charge is 0.492 e. The summed E-state index contributed by atoms with van der Waals surface area (Å²) in [5.74, 6) is 1.81. The zero-order valence-electron chi connectivity index (χ0n) is 15.2. The highest BCUT2D eigenvalue weighted by Gasteiger charge is 2.09. The summed E-state index contributed by atoms with van der Waals surface area (Å²) in [6.45, 7) is 11.0. The molecule has 0 heterocycles. The van der Waals surface area contributed by atoms with Crippen LogP contribution in [0.5, 0.6) is 5.75 Å².